The van der Waals surface area contributed by atoms with Crippen molar-refractivity contribution in [2.24, 2.45) is 0 Å². The third-order valence-corrected chi connectivity index (χ3v) is 4.33. The first kappa shape index (κ1) is 16.5. The Morgan fingerprint density at radius 2 is 2.14 bits per heavy atom. The van der Waals surface area contributed by atoms with Gasteiger partial charge in [0, 0.05) is 18.6 Å². The molecule has 1 amide bonds. The molecule has 1 heterocycles. The van der Waals surface area contributed by atoms with Crippen LogP contribution in [-0.4, -0.2) is 30.4 Å². The average molecular weight is 321 g/mol. The van der Waals surface area contributed by atoms with Crippen LogP contribution < -0.4 is 5.32 Å². The van der Waals surface area contributed by atoms with Crippen LogP contribution in [0.4, 0.5) is 0 Å². The lowest BCUT2D eigenvalue weighted by molar-refractivity contribution is 0.0908. The number of hydrogen-bond donors (Lipinski definition) is 1. The third kappa shape index (κ3) is 4.54. The van der Waals surface area contributed by atoms with Crippen LogP contribution in [0.3, 0.4) is 0 Å². The predicted molar refractivity (Wildman–Crippen MR) is 84.2 cm³/mol. The van der Waals surface area contributed by atoms with Crippen LogP contribution in [-0.2, 0) is 21.3 Å². The van der Waals surface area contributed by atoms with Crippen LogP contribution in [0.5, 0.6) is 0 Å². The zero-order valence-electron chi connectivity index (χ0n) is 12.6. The fourth-order valence-corrected chi connectivity index (χ4v) is 3.03. The van der Waals surface area contributed by atoms with Crippen molar-refractivity contribution in [2.45, 2.75) is 17.6 Å². The molecule has 22 heavy (non-hydrogen) atoms. The molecule has 0 aliphatic carbocycles. The van der Waals surface area contributed by atoms with E-state index in [1.165, 1.54) is 0 Å². The van der Waals surface area contributed by atoms with E-state index in [1.807, 2.05) is 31.2 Å². The maximum absolute atomic E-state index is 12.3. The summed E-state index contributed by atoms with van der Waals surface area (Å²) in [5.74, 6) is 0.683. The van der Waals surface area contributed by atoms with E-state index in [-0.39, 0.29) is 17.4 Å². The quantitative estimate of drug-likeness (QED) is 0.794. The SMILES string of the molecule is COCCNC(=O)c1ccc(C[S@@](=O)c2cccc(C)c2)o1. The molecule has 0 saturated heterocycles. The second-order valence-electron chi connectivity index (χ2n) is 4.82. The van der Waals surface area contributed by atoms with Gasteiger partial charge in [0.05, 0.1) is 23.2 Å². The summed E-state index contributed by atoms with van der Waals surface area (Å²) in [6, 6.07) is 10.8. The number of aryl methyl sites for hydroxylation is 1. The van der Waals surface area contributed by atoms with Crippen LogP contribution in [0.25, 0.3) is 0 Å². The highest BCUT2D eigenvalue weighted by Gasteiger charge is 2.13. The molecule has 0 spiro atoms. The van der Waals surface area contributed by atoms with E-state index in [0.717, 1.165) is 10.5 Å². The minimum atomic E-state index is -1.20. The van der Waals surface area contributed by atoms with Crippen LogP contribution in [0.15, 0.2) is 45.7 Å². The molecule has 5 nitrogen and oxygen atoms in total. The fraction of sp³-hybridized carbons (Fsp3) is 0.312. The zero-order valence-corrected chi connectivity index (χ0v) is 13.4. The first-order chi connectivity index (χ1) is 10.6. The zero-order chi connectivity index (χ0) is 15.9. The highest BCUT2D eigenvalue weighted by Crippen LogP contribution is 2.16. The summed E-state index contributed by atoms with van der Waals surface area (Å²) >= 11 is 0. The Labute approximate surface area is 132 Å². The van der Waals surface area contributed by atoms with Gasteiger partial charge in [0.2, 0.25) is 0 Å². The Balaban J connectivity index is 1.97. The van der Waals surface area contributed by atoms with E-state index in [0.29, 0.717) is 18.9 Å². The van der Waals surface area contributed by atoms with E-state index < -0.39 is 10.8 Å². The van der Waals surface area contributed by atoms with Crippen molar-refractivity contribution in [1.29, 1.82) is 0 Å². The molecule has 2 aromatic rings. The lowest BCUT2D eigenvalue weighted by atomic mass is 10.2. The summed E-state index contributed by atoms with van der Waals surface area (Å²) in [6.07, 6.45) is 0. The van der Waals surface area contributed by atoms with E-state index in [4.69, 9.17) is 9.15 Å². The van der Waals surface area contributed by atoms with E-state index >= 15 is 0 Å². The van der Waals surface area contributed by atoms with Gasteiger partial charge >= 0.3 is 0 Å². The van der Waals surface area contributed by atoms with Crippen molar-refractivity contribution in [1.82, 2.24) is 5.32 Å². The molecular formula is C16H19NO4S. The molecule has 0 fully saturated rings. The summed E-state index contributed by atoms with van der Waals surface area (Å²) in [7, 11) is 0.370. The number of carbonyl (C=O) groups is 1. The Hall–Kier alpha value is -1.92. The molecule has 0 unspecified atom stereocenters. The van der Waals surface area contributed by atoms with Crippen molar-refractivity contribution in [3.05, 3.63) is 53.5 Å². The molecule has 0 bridgehead atoms. The van der Waals surface area contributed by atoms with E-state index in [2.05, 4.69) is 5.32 Å². The second kappa shape index (κ2) is 7.91. The van der Waals surface area contributed by atoms with Crippen LogP contribution in [0.2, 0.25) is 0 Å². The van der Waals surface area contributed by atoms with E-state index in [9.17, 15) is 9.00 Å². The smallest absolute Gasteiger partial charge is 0.287 e. The van der Waals surface area contributed by atoms with Crippen molar-refractivity contribution in [3.8, 4) is 0 Å². The molecule has 1 aromatic carbocycles. The van der Waals surface area contributed by atoms with Gasteiger partial charge in [-0.25, -0.2) is 0 Å². The molecule has 0 aliphatic heterocycles. The van der Waals surface area contributed by atoms with Crippen molar-refractivity contribution < 1.29 is 18.2 Å². The summed E-state index contributed by atoms with van der Waals surface area (Å²) in [6.45, 7) is 2.81. The van der Waals surface area contributed by atoms with E-state index in [1.54, 1.807) is 19.2 Å². The Kier molecular flexibility index (Phi) is 5.91. The average Bonchev–Trinajstić information content (AvgIpc) is 2.96. The summed E-state index contributed by atoms with van der Waals surface area (Å²) in [5, 5.41) is 2.67. The van der Waals surface area contributed by atoms with Gasteiger partial charge in [-0.1, -0.05) is 12.1 Å². The van der Waals surface area contributed by atoms with Crippen LogP contribution in [0, 0.1) is 6.92 Å². The Morgan fingerprint density at radius 3 is 2.86 bits per heavy atom. The third-order valence-electron chi connectivity index (χ3n) is 3.00. The highest BCUT2D eigenvalue weighted by atomic mass is 32.2. The number of hydrogen-bond acceptors (Lipinski definition) is 4. The fourth-order valence-electron chi connectivity index (χ4n) is 1.90. The molecule has 0 radical (unpaired) electrons. The second-order valence-corrected chi connectivity index (χ2v) is 6.27. The number of rotatable bonds is 7. The largest absolute Gasteiger partial charge is 0.455 e. The molecule has 1 aromatic heterocycles. The summed E-state index contributed by atoms with van der Waals surface area (Å²) < 4.78 is 22.6. The number of furan rings is 1. The first-order valence-electron chi connectivity index (χ1n) is 6.91. The molecule has 118 valence electrons. The van der Waals surface area contributed by atoms with Crippen molar-refractivity contribution in [3.63, 3.8) is 0 Å². The van der Waals surface area contributed by atoms with Gasteiger partial charge in [-0.05, 0) is 36.8 Å². The monoisotopic (exact) mass is 321 g/mol. The van der Waals surface area contributed by atoms with Gasteiger partial charge in [0.15, 0.2) is 5.76 Å². The number of carbonyl (C=O) groups excluding carboxylic acids is 1. The number of methoxy groups -OCH3 is 1. The number of nitrogens with one attached hydrogen (secondary N) is 1. The number of amides is 1. The number of benzene rings is 1. The van der Waals surface area contributed by atoms with Gasteiger partial charge in [0.1, 0.15) is 5.76 Å². The summed E-state index contributed by atoms with van der Waals surface area (Å²) in [5.41, 5.74) is 1.06. The van der Waals surface area contributed by atoms with Gasteiger partial charge in [0.25, 0.3) is 5.91 Å². The standard InChI is InChI=1S/C16H19NO4S/c1-12-4-3-5-14(10-12)22(19)11-13-6-7-15(21-13)16(18)17-8-9-20-2/h3-7,10H,8-9,11H2,1-2H3,(H,17,18)/t22-/m1/s1. The first-order valence-corrected chi connectivity index (χ1v) is 8.23. The van der Waals surface area contributed by atoms with Crippen LogP contribution >= 0.6 is 0 Å². The molecule has 1 atom stereocenters. The maximum atomic E-state index is 12.3. The molecule has 0 saturated carbocycles. The molecule has 6 heteroatoms. The van der Waals surface area contributed by atoms with Gasteiger partial charge in [-0.3, -0.25) is 9.00 Å². The van der Waals surface area contributed by atoms with Crippen molar-refractivity contribution in [2.75, 3.05) is 20.3 Å². The molecule has 1 N–H and O–H groups in total. The Bertz CT molecular complexity index is 666. The van der Waals surface area contributed by atoms with Crippen LogP contribution in [0.1, 0.15) is 21.9 Å². The molecular weight excluding hydrogens is 302 g/mol. The van der Waals surface area contributed by atoms with Crippen molar-refractivity contribution >= 4 is 16.7 Å². The topological polar surface area (TPSA) is 68.5 Å². The maximum Gasteiger partial charge on any atom is 0.287 e. The lowest BCUT2D eigenvalue weighted by Crippen LogP contribution is -2.26. The normalized spacial score (nSPS) is 12.1. The summed E-state index contributed by atoms with van der Waals surface area (Å²) in [4.78, 5) is 12.5. The Morgan fingerprint density at radius 1 is 1.32 bits per heavy atom. The highest BCUT2D eigenvalue weighted by molar-refractivity contribution is 7.84. The number of ether oxygens (including phenoxy) is 1. The minimum absolute atomic E-state index is 0.215. The predicted octanol–water partition coefficient (Wildman–Crippen LogP) is 2.27. The lowest BCUT2D eigenvalue weighted by Gasteiger charge is -2.02. The van der Waals surface area contributed by atoms with Gasteiger partial charge < -0.3 is 14.5 Å². The minimum Gasteiger partial charge on any atom is -0.455 e. The van der Waals surface area contributed by atoms with Gasteiger partial charge in [-0.15, -0.1) is 0 Å². The van der Waals surface area contributed by atoms with Gasteiger partial charge in [-0.2, -0.15) is 0 Å². The molecule has 0 aliphatic rings. The molecule has 2 rings (SSSR count).